The summed E-state index contributed by atoms with van der Waals surface area (Å²) in [5.41, 5.74) is -0.244. The summed E-state index contributed by atoms with van der Waals surface area (Å²) in [6, 6.07) is 6.58. The third kappa shape index (κ3) is 4.77. The minimum atomic E-state index is -0.816. The zero-order chi connectivity index (χ0) is 17.9. The number of likely N-dealkylation sites (tertiary alicyclic amines) is 1. The number of aryl methyl sites for hydroxylation is 1. The second-order valence-corrected chi connectivity index (χ2v) is 7.46. The largest absolute Gasteiger partial charge is 0.387 e. The van der Waals surface area contributed by atoms with Crippen molar-refractivity contribution in [2.24, 2.45) is 0 Å². The molecule has 1 amide bonds. The molecule has 2 aliphatic rings. The maximum absolute atomic E-state index is 13.7. The lowest BCUT2D eigenvalue weighted by atomic mass is 10.0. The van der Waals surface area contributed by atoms with Gasteiger partial charge < -0.3 is 14.9 Å². The number of benzene rings is 1. The molecule has 6 heteroatoms. The van der Waals surface area contributed by atoms with E-state index in [1.807, 2.05) is 0 Å². The number of β-amino-alcohol motifs (C(OH)–C–C–N with tert-alkyl or cyclic N) is 1. The monoisotopic (exact) mass is 349 g/mol. The molecule has 1 N–H and O–H groups in total. The Morgan fingerprint density at radius 2 is 1.92 bits per heavy atom. The molecule has 1 aromatic rings. The fourth-order valence-electron chi connectivity index (χ4n) is 3.72. The number of aliphatic hydroxyl groups is 1. The van der Waals surface area contributed by atoms with Crippen LogP contribution in [-0.4, -0.2) is 84.2 Å². The lowest BCUT2D eigenvalue weighted by Gasteiger charge is -2.36. The van der Waals surface area contributed by atoms with Gasteiger partial charge in [-0.2, -0.15) is 0 Å². The van der Waals surface area contributed by atoms with Crippen LogP contribution in [0.1, 0.15) is 18.4 Å². The highest BCUT2D eigenvalue weighted by Gasteiger charge is 2.39. The van der Waals surface area contributed by atoms with E-state index in [1.54, 1.807) is 23.1 Å². The number of nitrogens with zero attached hydrogens (tertiary/aromatic N) is 3. The average molecular weight is 349 g/mol. The van der Waals surface area contributed by atoms with E-state index in [1.165, 1.54) is 6.07 Å². The van der Waals surface area contributed by atoms with Crippen molar-refractivity contribution < 1.29 is 14.3 Å². The number of rotatable bonds is 5. The maximum Gasteiger partial charge on any atom is 0.223 e. The van der Waals surface area contributed by atoms with E-state index in [-0.39, 0.29) is 18.1 Å². The predicted octanol–water partition coefficient (Wildman–Crippen LogP) is 0.969. The van der Waals surface area contributed by atoms with Crippen molar-refractivity contribution in [2.75, 3.05) is 52.9 Å². The molecule has 0 aromatic heterocycles. The van der Waals surface area contributed by atoms with E-state index < -0.39 is 5.60 Å². The van der Waals surface area contributed by atoms with Crippen molar-refractivity contribution in [1.82, 2.24) is 14.7 Å². The van der Waals surface area contributed by atoms with Gasteiger partial charge in [-0.25, -0.2) is 4.39 Å². The van der Waals surface area contributed by atoms with E-state index in [0.29, 0.717) is 38.0 Å². The summed E-state index contributed by atoms with van der Waals surface area (Å²) in [6.07, 6.45) is 1.30. The minimum Gasteiger partial charge on any atom is -0.387 e. The molecule has 0 spiro atoms. The molecule has 0 unspecified atom stereocenters. The van der Waals surface area contributed by atoms with Gasteiger partial charge in [-0.05, 0) is 31.5 Å². The molecule has 3 rings (SSSR count). The molecular weight excluding hydrogens is 321 g/mol. The van der Waals surface area contributed by atoms with Crippen LogP contribution in [0.25, 0.3) is 0 Å². The molecule has 0 radical (unpaired) electrons. The summed E-state index contributed by atoms with van der Waals surface area (Å²) < 4.78 is 13.7. The highest BCUT2D eigenvalue weighted by molar-refractivity contribution is 5.77. The van der Waals surface area contributed by atoms with Crippen LogP contribution in [0.4, 0.5) is 4.39 Å². The Balaban J connectivity index is 1.48. The van der Waals surface area contributed by atoms with Gasteiger partial charge in [-0.3, -0.25) is 9.69 Å². The van der Waals surface area contributed by atoms with Gasteiger partial charge >= 0.3 is 0 Å². The Bertz CT molecular complexity index is 604. The SMILES string of the molecule is CN1CCN(C[C@@]2(O)CCN(C(=O)CCc3ccccc3F)C2)CC1. The van der Waals surface area contributed by atoms with Crippen LogP contribution in [0.2, 0.25) is 0 Å². The number of piperazine rings is 1. The zero-order valence-electron chi connectivity index (χ0n) is 15.0. The molecule has 2 fully saturated rings. The van der Waals surface area contributed by atoms with E-state index in [2.05, 4.69) is 16.8 Å². The number of hydrogen-bond acceptors (Lipinski definition) is 4. The van der Waals surface area contributed by atoms with Crippen molar-refractivity contribution in [3.63, 3.8) is 0 Å². The lowest BCUT2D eigenvalue weighted by Crippen LogP contribution is -2.52. The number of halogens is 1. The summed E-state index contributed by atoms with van der Waals surface area (Å²) in [6.45, 7) is 5.54. The van der Waals surface area contributed by atoms with Crippen LogP contribution >= 0.6 is 0 Å². The first-order chi connectivity index (χ1) is 12.0. The number of hydrogen-bond donors (Lipinski definition) is 1. The molecule has 2 aliphatic heterocycles. The predicted molar refractivity (Wildman–Crippen MR) is 94.8 cm³/mol. The highest BCUT2D eigenvalue weighted by atomic mass is 19.1. The van der Waals surface area contributed by atoms with Crippen LogP contribution in [0.15, 0.2) is 24.3 Å². The van der Waals surface area contributed by atoms with Gasteiger partial charge in [0.05, 0.1) is 12.1 Å². The van der Waals surface area contributed by atoms with E-state index in [0.717, 1.165) is 26.2 Å². The topological polar surface area (TPSA) is 47.0 Å². The molecule has 25 heavy (non-hydrogen) atoms. The maximum atomic E-state index is 13.7. The van der Waals surface area contributed by atoms with Crippen molar-refractivity contribution in [1.29, 1.82) is 0 Å². The normalized spacial score (nSPS) is 25.5. The molecule has 0 bridgehead atoms. The second-order valence-electron chi connectivity index (χ2n) is 7.46. The van der Waals surface area contributed by atoms with Gasteiger partial charge in [-0.15, -0.1) is 0 Å². The van der Waals surface area contributed by atoms with Gasteiger partial charge in [0, 0.05) is 45.7 Å². The van der Waals surface area contributed by atoms with Crippen molar-refractivity contribution in [2.45, 2.75) is 24.9 Å². The molecule has 5 nitrogen and oxygen atoms in total. The van der Waals surface area contributed by atoms with Crippen LogP contribution in [-0.2, 0) is 11.2 Å². The fourth-order valence-corrected chi connectivity index (χ4v) is 3.72. The second kappa shape index (κ2) is 7.81. The van der Waals surface area contributed by atoms with Gasteiger partial charge in [0.2, 0.25) is 5.91 Å². The van der Waals surface area contributed by atoms with E-state index in [9.17, 15) is 14.3 Å². The number of likely N-dealkylation sites (N-methyl/N-ethyl adjacent to an activating group) is 1. The summed E-state index contributed by atoms with van der Waals surface area (Å²) in [5.74, 6) is -0.263. The molecule has 1 aromatic carbocycles. The summed E-state index contributed by atoms with van der Waals surface area (Å²) >= 11 is 0. The Kier molecular flexibility index (Phi) is 5.71. The van der Waals surface area contributed by atoms with Gasteiger partial charge in [0.1, 0.15) is 5.82 Å². The lowest BCUT2D eigenvalue weighted by molar-refractivity contribution is -0.131. The molecule has 1 atom stereocenters. The van der Waals surface area contributed by atoms with Crippen molar-refractivity contribution in [3.8, 4) is 0 Å². The Morgan fingerprint density at radius 3 is 2.64 bits per heavy atom. The van der Waals surface area contributed by atoms with Crippen LogP contribution in [0.3, 0.4) is 0 Å². The molecule has 2 saturated heterocycles. The third-order valence-corrected chi connectivity index (χ3v) is 5.36. The van der Waals surface area contributed by atoms with Gasteiger partial charge in [0.15, 0.2) is 0 Å². The smallest absolute Gasteiger partial charge is 0.223 e. The average Bonchev–Trinajstić information content (AvgIpc) is 2.98. The summed E-state index contributed by atoms with van der Waals surface area (Å²) in [5, 5.41) is 10.8. The van der Waals surface area contributed by atoms with Crippen LogP contribution in [0.5, 0.6) is 0 Å². The summed E-state index contributed by atoms with van der Waals surface area (Å²) in [4.78, 5) is 18.7. The Hall–Kier alpha value is -1.50. The number of carbonyl (C=O) groups excluding carboxylic acids is 1. The number of carbonyl (C=O) groups is 1. The van der Waals surface area contributed by atoms with E-state index >= 15 is 0 Å². The molecule has 0 aliphatic carbocycles. The van der Waals surface area contributed by atoms with Crippen LogP contribution < -0.4 is 0 Å². The van der Waals surface area contributed by atoms with E-state index in [4.69, 9.17) is 0 Å². The molecule has 2 heterocycles. The fraction of sp³-hybridized carbons (Fsp3) is 0.632. The number of amides is 1. The third-order valence-electron chi connectivity index (χ3n) is 5.36. The first kappa shape index (κ1) is 18.3. The quantitative estimate of drug-likeness (QED) is 0.861. The standard InChI is InChI=1S/C19H28FN3O2/c1-21-10-12-22(13-11-21)14-19(25)8-9-23(15-19)18(24)7-6-16-4-2-3-5-17(16)20/h2-5,25H,6-15H2,1H3/t19-/m0/s1. The van der Waals surface area contributed by atoms with Crippen LogP contribution in [0, 0.1) is 5.82 Å². The van der Waals surface area contributed by atoms with Crippen molar-refractivity contribution >= 4 is 5.91 Å². The van der Waals surface area contributed by atoms with Gasteiger partial charge in [-0.1, -0.05) is 18.2 Å². The Labute approximate surface area is 149 Å². The molecular formula is C19H28FN3O2. The molecule has 0 saturated carbocycles. The first-order valence-electron chi connectivity index (χ1n) is 9.10. The van der Waals surface area contributed by atoms with Crippen molar-refractivity contribution in [3.05, 3.63) is 35.6 Å². The molecule has 138 valence electrons. The zero-order valence-corrected chi connectivity index (χ0v) is 15.0. The first-order valence-corrected chi connectivity index (χ1v) is 9.10. The van der Waals surface area contributed by atoms with Gasteiger partial charge in [0.25, 0.3) is 0 Å². The highest BCUT2D eigenvalue weighted by Crippen LogP contribution is 2.24. The minimum absolute atomic E-state index is 0.00226. The summed E-state index contributed by atoms with van der Waals surface area (Å²) in [7, 11) is 2.11. The Morgan fingerprint density at radius 1 is 1.20 bits per heavy atom.